The van der Waals surface area contributed by atoms with Gasteiger partial charge in [0.1, 0.15) is 0 Å². The zero-order valence-corrected chi connectivity index (χ0v) is 12.4. The Morgan fingerprint density at radius 3 is 2.47 bits per heavy atom. The van der Waals surface area contributed by atoms with Gasteiger partial charge in [0.15, 0.2) is 5.96 Å². The first kappa shape index (κ1) is 16.3. The summed E-state index contributed by atoms with van der Waals surface area (Å²) < 4.78 is 0. The molecule has 0 aromatic heterocycles. The standard InChI is InChI=1S/C14H31N3/c1-6-7-12-17(5)14(15-4)16-11-9-8-10-13(2)3/h13H,6-12H2,1-5H3,(H,15,16). The average Bonchev–Trinajstić information content (AvgIpc) is 2.30. The fourth-order valence-corrected chi connectivity index (χ4v) is 1.76. The van der Waals surface area contributed by atoms with Crippen LogP contribution in [0.5, 0.6) is 0 Å². The summed E-state index contributed by atoms with van der Waals surface area (Å²) >= 11 is 0. The number of aliphatic imine (C=N–C) groups is 1. The van der Waals surface area contributed by atoms with E-state index in [-0.39, 0.29) is 0 Å². The Bertz CT molecular complexity index is 200. The van der Waals surface area contributed by atoms with Gasteiger partial charge in [-0.15, -0.1) is 0 Å². The molecule has 0 bridgehead atoms. The van der Waals surface area contributed by atoms with Crippen molar-refractivity contribution in [2.45, 2.75) is 52.9 Å². The van der Waals surface area contributed by atoms with E-state index in [4.69, 9.17) is 0 Å². The Balaban J connectivity index is 3.68. The second-order valence-electron chi connectivity index (χ2n) is 5.14. The summed E-state index contributed by atoms with van der Waals surface area (Å²) in [6.07, 6.45) is 6.32. The van der Waals surface area contributed by atoms with Gasteiger partial charge in [-0.25, -0.2) is 0 Å². The van der Waals surface area contributed by atoms with Crippen LogP contribution in [0.3, 0.4) is 0 Å². The van der Waals surface area contributed by atoms with Gasteiger partial charge in [0.25, 0.3) is 0 Å². The molecule has 17 heavy (non-hydrogen) atoms. The lowest BCUT2D eigenvalue weighted by atomic mass is 10.1. The molecule has 0 spiro atoms. The largest absolute Gasteiger partial charge is 0.356 e. The molecule has 3 nitrogen and oxygen atoms in total. The molecule has 0 unspecified atom stereocenters. The number of unbranched alkanes of at least 4 members (excludes halogenated alkanes) is 2. The van der Waals surface area contributed by atoms with Gasteiger partial charge in [-0.05, 0) is 18.8 Å². The topological polar surface area (TPSA) is 27.6 Å². The Hall–Kier alpha value is -0.730. The number of nitrogens with zero attached hydrogens (tertiary/aromatic N) is 2. The van der Waals surface area contributed by atoms with Crippen molar-refractivity contribution in [3.63, 3.8) is 0 Å². The Morgan fingerprint density at radius 1 is 1.24 bits per heavy atom. The second kappa shape index (κ2) is 10.4. The van der Waals surface area contributed by atoms with Gasteiger partial charge in [-0.2, -0.15) is 0 Å². The highest BCUT2D eigenvalue weighted by atomic mass is 15.3. The molecule has 0 aliphatic rings. The van der Waals surface area contributed by atoms with Gasteiger partial charge >= 0.3 is 0 Å². The van der Waals surface area contributed by atoms with Crippen LogP contribution in [0.1, 0.15) is 52.9 Å². The SMILES string of the molecule is CCCCN(C)C(=NC)NCCCCC(C)C. The zero-order valence-electron chi connectivity index (χ0n) is 12.4. The maximum Gasteiger partial charge on any atom is 0.193 e. The van der Waals surface area contributed by atoms with Gasteiger partial charge < -0.3 is 10.2 Å². The predicted octanol–water partition coefficient (Wildman–Crippen LogP) is 3.12. The molecule has 0 fully saturated rings. The van der Waals surface area contributed by atoms with Gasteiger partial charge in [0.2, 0.25) is 0 Å². The van der Waals surface area contributed by atoms with E-state index in [2.05, 4.69) is 43.0 Å². The third kappa shape index (κ3) is 9.02. The van der Waals surface area contributed by atoms with Crippen LogP contribution < -0.4 is 5.32 Å². The molecule has 0 rings (SSSR count). The van der Waals surface area contributed by atoms with Crippen molar-refractivity contribution in [3.8, 4) is 0 Å². The van der Waals surface area contributed by atoms with E-state index >= 15 is 0 Å². The van der Waals surface area contributed by atoms with Crippen molar-refractivity contribution in [3.05, 3.63) is 0 Å². The van der Waals surface area contributed by atoms with Crippen LogP contribution >= 0.6 is 0 Å². The quantitative estimate of drug-likeness (QED) is 0.402. The molecule has 1 N–H and O–H groups in total. The molecule has 0 aromatic carbocycles. The predicted molar refractivity (Wildman–Crippen MR) is 77.6 cm³/mol. The molecular formula is C14H31N3. The number of nitrogens with one attached hydrogen (secondary N) is 1. The van der Waals surface area contributed by atoms with E-state index < -0.39 is 0 Å². The fourth-order valence-electron chi connectivity index (χ4n) is 1.76. The lowest BCUT2D eigenvalue weighted by Gasteiger charge is -2.21. The maximum absolute atomic E-state index is 4.31. The first-order valence-corrected chi connectivity index (χ1v) is 7.03. The molecule has 0 heterocycles. The Kier molecular flexibility index (Phi) is 9.98. The van der Waals surface area contributed by atoms with Crippen LogP contribution in [0, 0.1) is 5.92 Å². The molecule has 0 saturated heterocycles. The van der Waals surface area contributed by atoms with Crippen LogP contribution in [-0.4, -0.2) is 38.0 Å². The molecule has 102 valence electrons. The second-order valence-corrected chi connectivity index (χ2v) is 5.14. The highest BCUT2D eigenvalue weighted by molar-refractivity contribution is 5.79. The summed E-state index contributed by atoms with van der Waals surface area (Å²) in [5.74, 6) is 1.85. The third-order valence-electron chi connectivity index (χ3n) is 2.91. The minimum Gasteiger partial charge on any atom is -0.356 e. The van der Waals surface area contributed by atoms with Crippen LogP contribution in [0.4, 0.5) is 0 Å². The summed E-state index contributed by atoms with van der Waals surface area (Å²) in [5.41, 5.74) is 0. The molecule has 0 radical (unpaired) electrons. The van der Waals surface area contributed by atoms with Crippen LogP contribution in [0.2, 0.25) is 0 Å². The van der Waals surface area contributed by atoms with Crippen molar-refractivity contribution >= 4 is 5.96 Å². The van der Waals surface area contributed by atoms with Gasteiger partial charge in [0.05, 0.1) is 0 Å². The monoisotopic (exact) mass is 241 g/mol. The van der Waals surface area contributed by atoms with E-state index in [9.17, 15) is 0 Å². The summed E-state index contributed by atoms with van der Waals surface area (Å²) in [4.78, 5) is 6.52. The number of rotatable bonds is 8. The molecule has 3 heteroatoms. The molecule has 0 atom stereocenters. The average molecular weight is 241 g/mol. The van der Waals surface area contributed by atoms with E-state index in [1.165, 1.54) is 32.1 Å². The number of guanidine groups is 1. The van der Waals surface area contributed by atoms with Crippen LogP contribution in [0.15, 0.2) is 4.99 Å². The summed E-state index contributed by atoms with van der Waals surface area (Å²) in [5, 5.41) is 3.43. The van der Waals surface area contributed by atoms with E-state index in [0.29, 0.717) is 0 Å². The summed E-state index contributed by atoms with van der Waals surface area (Å²) in [7, 11) is 3.97. The Morgan fingerprint density at radius 2 is 1.94 bits per heavy atom. The van der Waals surface area contributed by atoms with Crippen LogP contribution in [0.25, 0.3) is 0 Å². The lowest BCUT2D eigenvalue weighted by Crippen LogP contribution is -2.39. The fraction of sp³-hybridized carbons (Fsp3) is 0.929. The normalized spacial score (nSPS) is 12.0. The van der Waals surface area contributed by atoms with Crippen molar-refractivity contribution in [1.29, 1.82) is 0 Å². The minimum absolute atomic E-state index is 0.821. The van der Waals surface area contributed by atoms with Crippen molar-refractivity contribution < 1.29 is 0 Å². The first-order chi connectivity index (χ1) is 8.11. The summed E-state index contributed by atoms with van der Waals surface area (Å²) in [6.45, 7) is 8.91. The molecule has 0 aliphatic heterocycles. The molecule has 0 saturated carbocycles. The van der Waals surface area contributed by atoms with E-state index in [0.717, 1.165) is 25.0 Å². The van der Waals surface area contributed by atoms with E-state index in [1.54, 1.807) is 0 Å². The smallest absolute Gasteiger partial charge is 0.193 e. The minimum atomic E-state index is 0.821. The highest BCUT2D eigenvalue weighted by Gasteiger charge is 2.03. The van der Waals surface area contributed by atoms with Gasteiger partial charge in [-0.1, -0.05) is 40.0 Å². The van der Waals surface area contributed by atoms with Crippen LogP contribution in [-0.2, 0) is 0 Å². The molecule has 0 aromatic rings. The molecule has 0 amide bonds. The maximum atomic E-state index is 4.31. The highest BCUT2D eigenvalue weighted by Crippen LogP contribution is 2.05. The third-order valence-corrected chi connectivity index (χ3v) is 2.91. The lowest BCUT2D eigenvalue weighted by molar-refractivity contribution is 0.460. The van der Waals surface area contributed by atoms with Crippen molar-refractivity contribution in [1.82, 2.24) is 10.2 Å². The Labute approximate surface area is 108 Å². The zero-order chi connectivity index (χ0) is 13.1. The molecule has 0 aliphatic carbocycles. The van der Waals surface area contributed by atoms with Gasteiger partial charge in [-0.3, -0.25) is 4.99 Å². The van der Waals surface area contributed by atoms with Crippen molar-refractivity contribution in [2.75, 3.05) is 27.2 Å². The first-order valence-electron chi connectivity index (χ1n) is 7.03. The molecular weight excluding hydrogens is 210 g/mol. The summed E-state index contributed by atoms with van der Waals surface area (Å²) in [6, 6.07) is 0. The van der Waals surface area contributed by atoms with Crippen molar-refractivity contribution in [2.24, 2.45) is 10.9 Å². The number of hydrogen-bond donors (Lipinski definition) is 1. The van der Waals surface area contributed by atoms with E-state index in [1.807, 2.05) is 7.05 Å². The van der Waals surface area contributed by atoms with Gasteiger partial charge in [0, 0.05) is 27.2 Å². The number of hydrogen-bond acceptors (Lipinski definition) is 1.